The van der Waals surface area contributed by atoms with Crippen molar-refractivity contribution in [3.63, 3.8) is 0 Å². The summed E-state index contributed by atoms with van der Waals surface area (Å²) in [6, 6.07) is 23.8. The average molecular weight is 515 g/mol. The van der Waals surface area contributed by atoms with Crippen molar-refractivity contribution in [1.82, 2.24) is 0 Å². The number of rotatable bonds is 3. The van der Waals surface area contributed by atoms with Crippen LogP contribution in [-0.2, 0) is 9.59 Å². The number of amides is 1. The third-order valence-corrected chi connectivity index (χ3v) is 7.27. The van der Waals surface area contributed by atoms with Crippen LogP contribution in [0.5, 0.6) is 0 Å². The smallest absolute Gasteiger partial charge is 0.227 e. The van der Waals surface area contributed by atoms with Crippen molar-refractivity contribution >= 4 is 39.0 Å². The molecule has 0 saturated heterocycles. The molecule has 2 aliphatic rings. The summed E-state index contributed by atoms with van der Waals surface area (Å²) in [6.07, 6.45) is 1.50. The van der Waals surface area contributed by atoms with Gasteiger partial charge in [0.25, 0.3) is 0 Å². The molecule has 5 rings (SSSR count). The third kappa shape index (κ3) is 4.09. The van der Waals surface area contributed by atoms with Gasteiger partial charge in [-0.3, -0.25) is 14.5 Å². The number of allylic oxidation sites excluding steroid dienone is 1. The number of Topliss-reactive ketones (excluding diaryl/α,β-unsaturated/α-hetero) is 1. The molecule has 2 atom stereocenters. The van der Waals surface area contributed by atoms with Gasteiger partial charge in [-0.15, -0.1) is 0 Å². The minimum absolute atomic E-state index is 0.0126. The van der Waals surface area contributed by atoms with Gasteiger partial charge in [0.2, 0.25) is 5.91 Å². The highest BCUT2D eigenvalue weighted by Gasteiger charge is 2.41. The Morgan fingerprint density at radius 1 is 1.00 bits per heavy atom. The third-order valence-electron chi connectivity index (χ3n) is 6.77. The van der Waals surface area contributed by atoms with E-state index in [-0.39, 0.29) is 17.6 Å². The molecule has 0 fully saturated rings. The van der Waals surface area contributed by atoms with Gasteiger partial charge in [0.15, 0.2) is 5.78 Å². The molecule has 5 heteroatoms. The second-order valence-corrected chi connectivity index (χ2v) is 9.96. The Hall–Kier alpha value is -3.18. The molecule has 2 unspecified atom stereocenters. The fraction of sp³-hybridized carbons (Fsp3) is 0.241. The number of hydrogen-bond donors (Lipinski definition) is 1. The second-order valence-electron chi connectivity index (χ2n) is 9.05. The molecule has 0 bridgehead atoms. The van der Waals surface area contributed by atoms with Crippen molar-refractivity contribution in [2.45, 2.75) is 45.1 Å². The molecular formula is C29H27BrN2O2. The first-order valence-corrected chi connectivity index (χ1v) is 12.5. The Morgan fingerprint density at radius 2 is 1.76 bits per heavy atom. The first-order chi connectivity index (χ1) is 16.5. The van der Waals surface area contributed by atoms with E-state index in [0.29, 0.717) is 18.4 Å². The highest BCUT2D eigenvalue weighted by atomic mass is 79.9. The number of carbonyl (C=O) groups excluding carboxylic acids is 2. The van der Waals surface area contributed by atoms with E-state index in [1.807, 2.05) is 60.4 Å². The molecule has 1 aliphatic heterocycles. The zero-order valence-corrected chi connectivity index (χ0v) is 20.9. The second kappa shape index (κ2) is 9.22. The van der Waals surface area contributed by atoms with E-state index in [1.165, 1.54) is 11.1 Å². The molecule has 1 heterocycles. The number of carbonyl (C=O) groups is 2. The van der Waals surface area contributed by atoms with Crippen molar-refractivity contribution < 1.29 is 9.59 Å². The molecule has 0 spiro atoms. The Labute approximate surface area is 208 Å². The maximum atomic E-state index is 13.9. The van der Waals surface area contributed by atoms with E-state index in [0.717, 1.165) is 33.5 Å². The molecule has 1 amide bonds. The lowest BCUT2D eigenvalue weighted by atomic mass is 9.78. The first-order valence-electron chi connectivity index (χ1n) is 11.7. The SMILES string of the molecule is CCC(=O)N1c2ccccc2NC2=C(C(=O)CC(c3ccc(C)cc3)C2)C1c1cccc(Br)c1. The Morgan fingerprint density at radius 3 is 2.50 bits per heavy atom. The van der Waals surface area contributed by atoms with Crippen LogP contribution in [0, 0.1) is 6.92 Å². The lowest BCUT2D eigenvalue weighted by Gasteiger charge is -2.35. The molecule has 4 nitrogen and oxygen atoms in total. The van der Waals surface area contributed by atoms with Crippen molar-refractivity contribution in [3.05, 3.63) is 105 Å². The lowest BCUT2D eigenvalue weighted by Crippen LogP contribution is -2.38. The fourth-order valence-electron chi connectivity index (χ4n) is 5.10. The van der Waals surface area contributed by atoms with Crippen LogP contribution >= 0.6 is 15.9 Å². The molecule has 0 saturated carbocycles. The zero-order valence-electron chi connectivity index (χ0n) is 19.3. The van der Waals surface area contributed by atoms with Crippen LogP contribution in [-0.4, -0.2) is 11.7 Å². The van der Waals surface area contributed by atoms with Crippen LogP contribution in [0.1, 0.15) is 54.8 Å². The highest BCUT2D eigenvalue weighted by Crippen LogP contribution is 2.47. The van der Waals surface area contributed by atoms with Crippen LogP contribution in [0.2, 0.25) is 0 Å². The van der Waals surface area contributed by atoms with Crippen LogP contribution in [0.25, 0.3) is 0 Å². The molecular weight excluding hydrogens is 488 g/mol. The standard InChI is InChI=1S/C29H27BrN2O2/c1-3-27(34)32-25-10-5-4-9-23(25)31-24-16-21(19-13-11-18(2)12-14-19)17-26(33)28(24)29(32)20-7-6-8-22(30)15-20/h4-15,21,29,31H,3,16-17H2,1-2H3. The Balaban J connectivity index is 1.70. The van der Waals surface area contributed by atoms with Crippen molar-refractivity contribution in [1.29, 1.82) is 0 Å². The van der Waals surface area contributed by atoms with Crippen LogP contribution in [0.15, 0.2) is 88.5 Å². The van der Waals surface area contributed by atoms with E-state index in [2.05, 4.69) is 52.4 Å². The van der Waals surface area contributed by atoms with Gasteiger partial charge in [-0.2, -0.15) is 0 Å². The molecule has 3 aromatic carbocycles. The maximum Gasteiger partial charge on any atom is 0.227 e. The lowest BCUT2D eigenvalue weighted by molar-refractivity contribution is -0.119. The number of fused-ring (bicyclic) bond motifs is 1. The predicted molar refractivity (Wildman–Crippen MR) is 140 cm³/mol. The molecule has 172 valence electrons. The minimum Gasteiger partial charge on any atom is -0.357 e. The summed E-state index contributed by atoms with van der Waals surface area (Å²) in [5.74, 6) is 0.176. The van der Waals surface area contributed by atoms with Gasteiger partial charge in [-0.05, 0) is 54.7 Å². The van der Waals surface area contributed by atoms with Gasteiger partial charge < -0.3 is 5.32 Å². The summed E-state index contributed by atoms with van der Waals surface area (Å²) in [4.78, 5) is 29.1. The monoisotopic (exact) mass is 514 g/mol. The van der Waals surface area contributed by atoms with Crippen LogP contribution in [0.3, 0.4) is 0 Å². The number of nitrogens with one attached hydrogen (secondary N) is 1. The summed E-state index contributed by atoms with van der Waals surface area (Å²) in [5, 5.41) is 3.58. The molecule has 0 radical (unpaired) electrons. The zero-order chi connectivity index (χ0) is 23.8. The summed E-state index contributed by atoms with van der Waals surface area (Å²) in [6.45, 7) is 3.94. The normalized spacial score (nSPS) is 19.7. The number of halogens is 1. The number of aryl methyl sites for hydroxylation is 1. The van der Waals surface area contributed by atoms with E-state index >= 15 is 0 Å². The molecule has 3 aromatic rings. The summed E-state index contributed by atoms with van der Waals surface area (Å²) >= 11 is 3.58. The van der Waals surface area contributed by atoms with E-state index in [1.54, 1.807) is 0 Å². The van der Waals surface area contributed by atoms with Crippen LogP contribution in [0.4, 0.5) is 11.4 Å². The molecule has 0 aromatic heterocycles. The maximum absolute atomic E-state index is 13.9. The summed E-state index contributed by atoms with van der Waals surface area (Å²) < 4.78 is 0.919. The van der Waals surface area contributed by atoms with E-state index in [4.69, 9.17) is 0 Å². The summed E-state index contributed by atoms with van der Waals surface area (Å²) in [7, 11) is 0. The number of ketones is 1. The fourth-order valence-corrected chi connectivity index (χ4v) is 5.52. The topological polar surface area (TPSA) is 49.4 Å². The van der Waals surface area contributed by atoms with Crippen LogP contribution < -0.4 is 10.2 Å². The number of para-hydroxylation sites is 2. The number of benzene rings is 3. The van der Waals surface area contributed by atoms with Gasteiger partial charge in [-0.25, -0.2) is 0 Å². The van der Waals surface area contributed by atoms with Crippen molar-refractivity contribution in [3.8, 4) is 0 Å². The average Bonchev–Trinajstić information content (AvgIpc) is 2.98. The van der Waals surface area contributed by atoms with Gasteiger partial charge >= 0.3 is 0 Å². The van der Waals surface area contributed by atoms with Gasteiger partial charge in [0.05, 0.1) is 17.4 Å². The van der Waals surface area contributed by atoms with E-state index < -0.39 is 6.04 Å². The van der Waals surface area contributed by atoms with E-state index in [9.17, 15) is 9.59 Å². The van der Waals surface area contributed by atoms with Gasteiger partial charge in [0, 0.05) is 28.6 Å². The molecule has 1 N–H and O–H groups in total. The Bertz CT molecular complexity index is 1300. The Kier molecular flexibility index (Phi) is 6.13. The van der Waals surface area contributed by atoms with Gasteiger partial charge in [0.1, 0.15) is 0 Å². The van der Waals surface area contributed by atoms with Crippen molar-refractivity contribution in [2.75, 3.05) is 10.2 Å². The largest absolute Gasteiger partial charge is 0.357 e. The van der Waals surface area contributed by atoms with Crippen molar-refractivity contribution in [2.24, 2.45) is 0 Å². The number of anilines is 2. The highest BCUT2D eigenvalue weighted by molar-refractivity contribution is 9.10. The predicted octanol–water partition coefficient (Wildman–Crippen LogP) is 7.07. The quantitative estimate of drug-likeness (QED) is 0.406. The molecule has 1 aliphatic carbocycles. The summed E-state index contributed by atoms with van der Waals surface area (Å²) in [5.41, 5.74) is 6.55. The molecule has 34 heavy (non-hydrogen) atoms. The number of nitrogens with zero attached hydrogens (tertiary/aromatic N) is 1. The van der Waals surface area contributed by atoms with Gasteiger partial charge in [-0.1, -0.05) is 76.9 Å². The minimum atomic E-state index is -0.484. The number of hydrogen-bond acceptors (Lipinski definition) is 3. The first kappa shape index (κ1) is 22.6.